The summed E-state index contributed by atoms with van der Waals surface area (Å²) < 4.78 is 7.03. The number of unbranched alkanes of at least 4 members (excludes halogenated alkanes) is 1. The van der Waals surface area contributed by atoms with E-state index in [-0.39, 0.29) is 17.1 Å². The van der Waals surface area contributed by atoms with Gasteiger partial charge in [0.25, 0.3) is 0 Å². The van der Waals surface area contributed by atoms with E-state index in [0.29, 0.717) is 28.2 Å². The SMILES string of the molecule is C=C1C[C@H]2[C@H](/C=C/[C@H](C[C@H](C)CCCC)[Si](C)(C)C(C)(C)C)[C@H](O[Si](C)(C)C(C)(C)C)C[C@@H]2C1=O. The fourth-order valence-electron chi connectivity index (χ4n) is 5.84. The summed E-state index contributed by atoms with van der Waals surface area (Å²) in [7, 11) is -3.49. The predicted octanol–water partition coefficient (Wildman–Crippen LogP) is 9.81. The van der Waals surface area contributed by atoms with Crippen LogP contribution in [0, 0.1) is 23.7 Å². The molecule has 0 aromatic carbocycles. The normalized spacial score (nSPS) is 28.1. The van der Waals surface area contributed by atoms with Gasteiger partial charge < -0.3 is 4.43 Å². The Morgan fingerprint density at radius 2 is 1.69 bits per heavy atom. The molecule has 2 aliphatic carbocycles. The van der Waals surface area contributed by atoms with Crippen LogP contribution in [0.15, 0.2) is 24.3 Å². The van der Waals surface area contributed by atoms with E-state index in [1.54, 1.807) is 0 Å². The number of carbonyl (C=O) groups is 1. The monoisotopic (exact) mass is 518 g/mol. The molecular weight excluding hydrogens is 461 g/mol. The van der Waals surface area contributed by atoms with Crippen LogP contribution in [0.5, 0.6) is 0 Å². The second kappa shape index (κ2) is 11.1. The number of fused-ring (bicyclic) bond motifs is 1. The topological polar surface area (TPSA) is 26.3 Å². The van der Waals surface area contributed by atoms with Crippen LogP contribution in [-0.4, -0.2) is 28.3 Å². The van der Waals surface area contributed by atoms with Gasteiger partial charge in [0.2, 0.25) is 0 Å². The van der Waals surface area contributed by atoms with Crippen molar-refractivity contribution < 1.29 is 9.22 Å². The molecule has 0 aromatic heterocycles. The number of hydrogen-bond donors (Lipinski definition) is 0. The molecule has 2 fully saturated rings. The van der Waals surface area contributed by atoms with Crippen molar-refractivity contribution in [3.63, 3.8) is 0 Å². The Bertz CT molecular complexity index is 781. The van der Waals surface area contributed by atoms with Gasteiger partial charge in [0.05, 0.1) is 14.2 Å². The molecule has 2 aliphatic rings. The fourth-order valence-corrected chi connectivity index (χ4v) is 9.90. The molecule has 6 atom stereocenters. The van der Waals surface area contributed by atoms with Crippen molar-refractivity contribution in [3.8, 4) is 0 Å². The molecular formula is C31H58O2Si2. The summed E-state index contributed by atoms with van der Waals surface area (Å²) >= 11 is 0. The maximum atomic E-state index is 13.0. The third-order valence-corrected chi connectivity index (χ3v) is 21.1. The van der Waals surface area contributed by atoms with Crippen molar-refractivity contribution in [2.24, 2.45) is 23.7 Å². The summed E-state index contributed by atoms with van der Waals surface area (Å²) in [6.07, 6.45) is 12.3. The molecule has 35 heavy (non-hydrogen) atoms. The van der Waals surface area contributed by atoms with Gasteiger partial charge in [0.1, 0.15) is 0 Å². The minimum Gasteiger partial charge on any atom is -0.413 e. The maximum absolute atomic E-state index is 13.0. The van der Waals surface area contributed by atoms with Crippen LogP contribution in [0.25, 0.3) is 0 Å². The van der Waals surface area contributed by atoms with Crippen LogP contribution in [0.1, 0.15) is 93.9 Å². The Morgan fingerprint density at radius 1 is 1.09 bits per heavy atom. The Morgan fingerprint density at radius 3 is 2.20 bits per heavy atom. The number of carbonyl (C=O) groups excluding carboxylic acids is 1. The molecule has 0 heterocycles. The largest absolute Gasteiger partial charge is 0.413 e. The Balaban J connectivity index is 2.39. The van der Waals surface area contributed by atoms with Gasteiger partial charge in [-0.1, -0.05) is 106 Å². The highest BCUT2D eigenvalue weighted by Crippen LogP contribution is 2.52. The quantitative estimate of drug-likeness (QED) is 0.163. The van der Waals surface area contributed by atoms with Gasteiger partial charge in [-0.3, -0.25) is 4.79 Å². The van der Waals surface area contributed by atoms with Gasteiger partial charge in [-0.2, -0.15) is 0 Å². The van der Waals surface area contributed by atoms with E-state index >= 15 is 0 Å². The Kier molecular flexibility index (Phi) is 9.77. The lowest BCUT2D eigenvalue weighted by Crippen LogP contribution is -2.45. The Hall–Kier alpha value is -0.456. The van der Waals surface area contributed by atoms with E-state index in [9.17, 15) is 4.79 Å². The summed E-state index contributed by atoms with van der Waals surface area (Å²) in [6, 6.07) is 0. The summed E-state index contributed by atoms with van der Waals surface area (Å²) in [6.45, 7) is 33.1. The lowest BCUT2D eigenvalue weighted by atomic mass is 9.90. The van der Waals surface area contributed by atoms with Gasteiger partial charge in [-0.05, 0) is 65.4 Å². The minimum absolute atomic E-state index is 0.113. The molecule has 2 saturated carbocycles. The van der Waals surface area contributed by atoms with Gasteiger partial charge in [0.15, 0.2) is 14.1 Å². The molecule has 0 amide bonds. The van der Waals surface area contributed by atoms with E-state index in [1.807, 2.05) is 0 Å². The van der Waals surface area contributed by atoms with Crippen LogP contribution in [0.3, 0.4) is 0 Å². The molecule has 4 heteroatoms. The molecule has 0 bridgehead atoms. The standard InChI is InChI=1S/C31H58O2Si2/c1-14-15-16-22(2)19-24(34(10,11)30(4,5)6)17-18-25-26-20-23(3)29(32)27(26)21-28(25)33-35(12,13)31(7,8)9/h17-18,22,24-28H,3,14-16,19-21H2,1-2,4-13H3/b18-17+/t22-,24-,25+,26+,27+,28-/m1/s1. The van der Waals surface area contributed by atoms with E-state index in [2.05, 4.69) is 100 Å². The third kappa shape index (κ3) is 6.90. The van der Waals surface area contributed by atoms with Crippen LogP contribution in [0.4, 0.5) is 0 Å². The first kappa shape index (κ1) is 30.8. The first-order valence-electron chi connectivity index (χ1n) is 14.4. The van der Waals surface area contributed by atoms with Gasteiger partial charge >= 0.3 is 0 Å². The number of ketones is 1. The molecule has 0 spiro atoms. The first-order chi connectivity index (χ1) is 15.8. The lowest BCUT2D eigenvalue weighted by Gasteiger charge is -2.43. The number of Topliss-reactive ketones (excluding diaryl/α,β-unsaturated/α-hetero) is 1. The molecule has 2 nitrogen and oxygen atoms in total. The van der Waals surface area contributed by atoms with Crippen LogP contribution >= 0.6 is 0 Å². The second-order valence-electron chi connectivity index (χ2n) is 15.1. The number of rotatable bonds is 10. The van der Waals surface area contributed by atoms with Crippen molar-refractivity contribution in [1.82, 2.24) is 0 Å². The average Bonchev–Trinajstić information content (AvgIpc) is 3.16. The fraction of sp³-hybridized carbons (Fsp3) is 0.839. The molecule has 0 N–H and O–H groups in total. The van der Waals surface area contributed by atoms with Crippen molar-refractivity contribution in [1.29, 1.82) is 0 Å². The number of allylic oxidation sites excluding steroid dienone is 2. The smallest absolute Gasteiger partial charge is 0.192 e. The summed E-state index contributed by atoms with van der Waals surface area (Å²) in [4.78, 5) is 13.0. The van der Waals surface area contributed by atoms with Crippen molar-refractivity contribution in [3.05, 3.63) is 24.3 Å². The highest BCUT2D eigenvalue weighted by atomic mass is 28.4. The second-order valence-corrected chi connectivity index (χ2v) is 25.6. The van der Waals surface area contributed by atoms with E-state index < -0.39 is 16.4 Å². The maximum Gasteiger partial charge on any atom is 0.192 e. The highest BCUT2D eigenvalue weighted by molar-refractivity contribution is 6.82. The van der Waals surface area contributed by atoms with Gasteiger partial charge in [-0.15, -0.1) is 0 Å². The average molecular weight is 519 g/mol. The molecule has 0 aliphatic heterocycles. The molecule has 0 aromatic rings. The van der Waals surface area contributed by atoms with Crippen molar-refractivity contribution in [2.45, 2.75) is 142 Å². The van der Waals surface area contributed by atoms with Crippen LogP contribution < -0.4 is 0 Å². The minimum atomic E-state index is -1.92. The van der Waals surface area contributed by atoms with Gasteiger partial charge in [0, 0.05) is 11.8 Å². The third-order valence-electron chi connectivity index (χ3n) is 10.5. The molecule has 0 unspecified atom stereocenters. The zero-order chi connectivity index (χ0) is 27.0. The Labute approximate surface area is 220 Å². The van der Waals surface area contributed by atoms with Crippen LogP contribution in [0.2, 0.25) is 41.8 Å². The van der Waals surface area contributed by atoms with Crippen molar-refractivity contribution >= 4 is 22.2 Å². The van der Waals surface area contributed by atoms with Crippen LogP contribution in [-0.2, 0) is 9.22 Å². The van der Waals surface area contributed by atoms with E-state index in [4.69, 9.17) is 4.43 Å². The van der Waals surface area contributed by atoms with Crippen molar-refractivity contribution in [2.75, 3.05) is 0 Å². The van der Waals surface area contributed by atoms with E-state index in [0.717, 1.165) is 24.3 Å². The zero-order valence-electron chi connectivity index (χ0n) is 25.4. The highest BCUT2D eigenvalue weighted by Gasteiger charge is 2.53. The van der Waals surface area contributed by atoms with Gasteiger partial charge in [-0.25, -0.2) is 0 Å². The first-order valence-corrected chi connectivity index (χ1v) is 20.4. The zero-order valence-corrected chi connectivity index (χ0v) is 27.4. The number of hydrogen-bond acceptors (Lipinski definition) is 2. The molecule has 0 radical (unpaired) electrons. The van der Waals surface area contributed by atoms with E-state index in [1.165, 1.54) is 25.7 Å². The molecule has 2 rings (SSSR count). The summed E-state index contributed by atoms with van der Waals surface area (Å²) in [5, 5.41) is 0.518. The summed E-state index contributed by atoms with van der Waals surface area (Å²) in [5.41, 5.74) is 1.49. The lowest BCUT2D eigenvalue weighted by molar-refractivity contribution is -0.118. The molecule has 202 valence electrons. The molecule has 0 saturated heterocycles. The predicted molar refractivity (Wildman–Crippen MR) is 159 cm³/mol. The summed E-state index contributed by atoms with van der Waals surface area (Å²) in [5.74, 6) is 1.88.